The Morgan fingerprint density at radius 1 is 0.765 bits per heavy atom. The maximum atomic E-state index is 9.98. The Morgan fingerprint density at radius 3 is 1.94 bits per heavy atom. The monoisotopic (exact) mass is 247 g/mol. The lowest BCUT2D eigenvalue weighted by molar-refractivity contribution is -0.108. The van der Waals surface area contributed by atoms with Crippen molar-refractivity contribution in [1.29, 1.82) is 0 Å². The van der Waals surface area contributed by atoms with E-state index in [4.69, 9.17) is 19.9 Å². The first-order valence-corrected chi connectivity index (χ1v) is 6.28. The lowest BCUT2D eigenvalue weighted by Gasteiger charge is -2.05. The Morgan fingerprint density at radius 2 is 1.35 bits per heavy atom. The second-order valence-electron chi connectivity index (χ2n) is 3.64. The molecular formula is C12H25NO4. The first-order chi connectivity index (χ1) is 8.41. The first kappa shape index (κ1) is 16.5. The maximum absolute atomic E-state index is 9.98. The predicted octanol–water partition coefficient (Wildman–Crippen LogP) is 0.754. The van der Waals surface area contributed by atoms with Gasteiger partial charge >= 0.3 is 0 Å². The fourth-order valence-electron chi connectivity index (χ4n) is 1.22. The molecule has 0 spiro atoms. The SMILES string of the molecule is NCCOCCCCCOCCOCCC=O. The van der Waals surface area contributed by atoms with Crippen LogP contribution < -0.4 is 5.73 Å². The quantitative estimate of drug-likeness (QED) is 0.362. The highest BCUT2D eigenvalue weighted by molar-refractivity contribution is 5.49. The number of nitrogens with two attached hydrogens (primary N) is 1. The van der Waals surface area contributed by atoms with Crippen LogP contribution in [-0.4, -0.2) is 52.5 Å². The number of hydrogen-bond donors (Lipinski definition) is 1. The summed E-state index contributed by atoms with van der Waals surface area (Å²) >= 11 is 0. The Kier molecular flexibility index (Phi) is 15.1. The van der Waals surface area contributed by atoms with E-state index in [0.717, 1.165) is 38.8 Å². The third-order valence-corrected chi connectivity index (χ3v) is 2.09. The molecular weight excluding hydrogens is 222 g/mol. The lowest BCUT2D eigenvalue weighted by Crippen LogP contribution is -2.09. The van der Waals surface area contributed by atoms with Gasteiger partial charge < -0.3 is 24.7 Å². The molecule has 0 heterocycles. The Balaban J connectivity index is 2.87. The van der Waals surface area contributed by atoms with Crippen molar-refractivity contribution in [3.05, 3.63) is 0 Å². The van der Waals surface area contributed by atoms with Crippen LogP contribution in [0.4, 0.5) is 0 Å². The zero-order valence-corrected chi connectivity index (χ0v) is 10.6. The molecule has 0 aliphatic heterocycles. The van der Waals surface area contributed by atoms with Gasteiger partial charge in [0.2, 0.25) is 0 Å². The van der Waals surface area contributed by atoms with Crippen LogP contribution in [-0.2, 0) is 19.0 Å². The molecule has 0 fully saturated rings. The topological polar surface area (TPSA) is 70.8 Å². The van der Waals surface area contributed by atoms with Crippen LogP contribution in [0.15, 0.2) is 0 Å². The molecule has 0 aromatic carbocycles. The van der Waals surface area contributed by atoms with Crippen LogP contribution in [0, 0.1) is 0 Å². The molecule has 17 heavy (non-hydrogen) atoms. The van der Waals surface area contributed by atoms with E-state index in [1.807, 2.05) is 0 Å². The number of aldehydes is 1. The van der Waals surface area contributed by atoms with Crippen LogP contribution in [0.25, 0.3) is 0 Å². The van der Waals surface area contributed by atoms with Crippen molar-refractivity contribution in [3.8, 4) is 0 Å². The van der Waals surface area contributed by atoms with E-state index in [-0.39, 0.29) is 0 Å². The Labute approximate surface area is 104 Å². The molecule has 2 N–H and O–H groups in total. The number of carbonyl (C=O) groups is 1. The van der Waals surface area contributed by atoms with Gasteiger partial charge in [0, 0.05) is 26.2 Å². The van der Waals surface area contributed by atoms with Crippen molar-refractivity contribution >= 4 is 6.29 Å². The molecule has 0 rings (SSSR count). The number of hydrogen-bond acceptors (Lipinski definition) is 5. The minimum atomic E-state index is 0.461. The largest absolute Gasteiger partial charge is 0.380 e. The van der Waals surface area contributed by atoms with E-state index in [1.165, 1.54) is 0 Å². The summed E-state index contributed by atoms with van der Waals surface area (Å²) in [5, 5.41) is 0. The molecule has 0 aliphatic carbocycles. The summed E-state index contributed by atoms with van der Waals surface area (Å²) in [7, 11) is 0. The lowest BCUT2D eigenvalue weighted by atomic mass is 10.2. The van der Waals surface area contributed by atoms with Crippen molar-refractivity contribution < 1.29 is 19.0 Å². The van der Waals surface area contributed by atoms with Crippen LogP contribution in [0.1, 0.15) is 25.7 Å². The van der Waals surface area contributed by atoms with Gasteiger partial charge in [0.15, 0.2) is 0 Å². The normalized spacial score (nSPS) is 10.6. The highest BCUT2D eigenvalue weighted by Gasteiger charge is 1.92. The number of unbranched alkanes of at least 4 members (excludes halogenated alkanes) is 2. The second-order valence-corrected chi connectivity index (χ2v) is 3.64. The van der Waals surface area contributed by atoms with Crippen molar-refractivity contribution in [3.63, 3.8) is 0 Å². The molecule has 0 bridgehead atoms. The van der Waals surface area contributed by atoms with Gasteiger partial charge in [-0.15, -0.1) is 0 Å². The maximum Gasteiger partial charge on any atom is 0.122 e. The summed E-state index contributed by atoms with van der Waals surface area (Å²) in [5.74, 6) is 0. The summed E-state index contributed by atoms with van der Waals surface area (Å²) in [4.78, 5) is 9.98. The first-order valence-electron chi connectivity index (χ1n) is 6.28. The van der Waals surface area contributed by atoms with Gasteiger partial charge in [-0.3, -0.25) is 0 Å². The smallest absolute Gasteiger partial charge is 0.122 e. The summed E-state index contributed by atoms with van der Waals surface area (Å²) in [6, 6.07) is 0. The van der Waals surface area contributed by atoms with Crippen LogP contribution in [0.2, 0.25) is 0 Å². The molecule has 5 heteroatoms. The van der Waals surface area contributed by atoms with Gasteiger partial charge in [0.1, 0.15) is 6.29 Å². The van der Waals surface area contributed by atoms with Gasteiger partial charge in [0.25, 0.3) is 0 Å². The predicted molar refractivity (Wildman–Crippen MR) is 66.0 cm³/mol. The van der Waals surface area contributed by atoms with Crippen LogP contribution in [0.5, 0.6) is 0 Å². The molecule has 5 nitrogen and oxygen atoms in total. The minimum absolute atomic E-state index is 0.461. The zero-order valence-electron chi connectivity index (χ0n) is 10.6. The highest BCUT2D eigenvalue weighted by atomic mass is 16.5. The fourth-order valence-corrected chi connectivity index (χ4v) is 1.22. The van der Waals surface area contributed by atoms with Crippen molar-refractivity contribution in [2.75, 3.05) is 46.2 Å². The number of rotatable bonds is 14. The highest BCUT2D eigenvalue weighted by Crippen LogP contribution is 1.96. The second kappa shape index (κ2) is 15.5. The van der Waals surface area contributed by atoms with Gasteiger partial charge in [-0.05, 0) is 19.3 Å². The van der Waals surface area contributed by atoms with Gasteiger partial charge in [0.05, 0.1) is 26.4 Å². The molecule has 0 aromatic rings. The standard InChI is InChI=1S/C12H25NO4/c13-5-10-15-7-2-1-3-8-16-11-12-17-9-4-6-14/h6H,1-5,7-13H2. The molecule has 0 saturated carbocycles. The molecule has 0 aliphatic rings. The van der Waals surface area contributed by atoms with E-state index >= 15 is 0 Å². The summed E-state index contributed by atoms with van der Waals surface area (Å²) < 4.78 is 15.8. The molecule has 0 saturated heterocycles. The third-order valence-electron chi connectivity index (χ3n) is 2.09. The Hall–Kier alpha value is -0.490. The van der Waals surface area contributed by atoms with E-state index in [2.05, 4.69) is 0 Å². The van der Waals surface area contributed by atoms with E-state index in [1.54, 1.807) is 0 Å². The zero-order chi connectivity index (χ0) is 12.6. The van der Waals surface area contributed by atoms with Gasteiger partial charge in [-0.2, -0.15) is 0 Å². The van der Waals surface area contributed by atoms with Crippen LogP contribution in [0.3, 0.4) is 0 Å². The van der Waals surface area contributed by atoms with Crippen molar-refractivity contribution in [1.82, 2.24) is 0 Å². The molecule has 0 aromatic heterocycles. The van der Waals surface area contributed by atoms with Gasteiger partial charge in [-0.1, -0.05) is 0 Å². The van der Waals surface area contributed by atoms with E-state index in [9.17, 15) is 4.79 Å². The summed E-state index contributed by atoms with van der Waals surface area (Å²) in [6.45, 7) is 4.43. The molecule has 0 atom stereocenters. The third kappa shape index (κ3) is 15.5. The van der Waals surface area contributed by atoms with Gasteiger partial charge in [-0.25, -0.2) is 0 Å². The number of ether oxygens (including phenoxy) is 3. The molecule has 0 unspecified atom stereocenters. The number of carbonyl (C=O) groups excluding carboxylic acids is 1. The Bertz CT molecular complexity index is 155. The molecule has 0 radical (unpaired) electrons. The van der Waals surface area contributed by atoms with Crippen LogP contribution >= 0.6 is 0 Å². The average Bonchev–Trinajstić information content (AvgIpc) is 2.35. The van der Waals surface area contributed by atoms with Crippen molar-refractivity contribution in [2.24, 2.45) is 5.73 Å². The minimum Gasteiger partial charge on any atom is -0.380 e. The fraction of sp³-hybridized carbons (Fsp3) is 0.917. The molecule has 102 valence electrons. The summed E-state index contributed by atoms with van der Waals surface area (Å²) in [5.41, 5.74) is 5.29. The molecule has 0 amide bonds. The summed E-state index contributed by atoms with van der Waals surface area (Å²) in [6.07, 6.45) is 4.52. The van der Waals surface area contributed by atoms with Crippen molar-refractivity contribution in [2.45, 2.75) is 25.7 Å². The average molecular weight is 247 g/mol. The van der Waals surface area contributed by atoms with E-state index < -0.39 is 0 Å². The van der Waals surface area contributed by atoms with E-state index in [0.29, 0.717) is 39.4 Å².